The molecule has 3 heterocycles. The first-order valence-electron chi connectivity index (χ1n) is 9.33. The van der Waals surface area contributed by atoms with Gasteiger partial charge in [0, 0.05) is 30.3 Å². The van der Waals surface area contributed by atoms with Gasteiger partial charge < -0.3 is 14.6 Å². The number of carbonyl (C=O) groups is 1. The number of hydrogen-bond acceptors (Lipinski definition) is 5. The summed E-state index contributed by atoms with van der Waals surface area (Å²) in [6.45, 7) is 4.90. The molecule has 1 N–H and O–H groups in total. The van der Waals surface area contributed by atoms with Crippen molar-refractivity contribution in [1.82, 2.24) is 15.5 Å². The van der Waals surface area contributed by atoms with Gasteiger partial charge in [0.25, 0.3) is 0 Å². The van der Waals surface area contributed by atoms with Crippen molar-refractivity contribution in [1.29, 1.82) is 0 Å². The number of rotatable bonds is 2. The molecule has 142 valence electrons. The minimum absolute atomic E-state index is 0.0938. The molecule has 3 aromatic rings. The lowest BCUT2D eigenvalue weighted by Crippen LogP contribution is -2.41. The minimum Gasteiger partial charge on any atom is -0.491 e. The van der Waals surface area contributed by atoms with Gasteiger partial charge >= 0.3 is 6.03 Å². The summed E-state index contributed by atoms with van der Waals surface area (Å²) in [5.74, 6) is 1.78. The van der Waals surface area contributed by atoms with E-state index in [1.54, 1.807) is 6.92 Å². The van der Waals surface area contributed by atoms with Crippen molar-refractivity contribution < 1.29 is 14.1 Å². The molecule has 0 saturated carbocycles. The lowest BCUT2D eigenvalue weighted by molar-refractivity contribution is 0.238. The second kappa shape index (κ2) is 6.37. The van der Waals surface area contributed by atoms with Gasteiger partial charge in [0.15, 0.2) is 0 Å². The van der Waals surface area contributed by atoms with Crippen LogP contribution in [0.1, 0.15) is 28.6 Å². The molecule has 0 radical (unpaired) electrons. The Kier molecular flexibility index (Phi) is 3.82. The van der Waals surface area contributed by atoms with Crippen molar-refractivity contribution in [2.45, 2.75) is 26.3 Å². The van der Waals surface area contributed by atoms with E-state index < -0.39 is 0 Å². The van der Waals surface area contributed by atoms with Crippen molar-refractivity contribution >= 4 is 11.7 Å². The van der Waals surface area contributed by atoms with E-state index in [1.165, 1.54) is 5.56 Å². The summed E-state index contributed by atoms with van der Waals surface area (Å²) in [5, 5.41) is 7.05. The smallest absolute Gasteiger partial charge is 0.322 e. The molecule has 1 unspecified atom stereocenters. The number of amides is 2. The third kappa shape index (κ3) is 2.79. The number of fused-ring (bicyclic) bond motifs is 2. The van der Waals surface area contributed by atoms with Gasteiger partial charge in [-0.1, -0.05) is 29.4 Å². The average Bonchev–Trinajstić information content (AvgIpc) is 3.39. The molecule has 5 rings (SSSR count). The van der Waals surface area contributed by atoms with Crippen LogP contribution in [0.3, 0.4) is 0 Å². The fourth-order valence-corrected chi connectivity index (χ4v) is 3.81. The summed E-state index contributed by atoms with van der Waals surface area (Å²) >= 11 is 0. The Morgan fingerprint density at radius 3 is 2.93 bits per heavy atom. The van der Waals surface area contributed by atoms with Gasteiger partial charge in [-0.2, -0.15) is 4.98 Å². The van der Waals surface area contributed by atoms with Crippen LogP contribution in [0.15, 0.2) is 40.9 Å². The minimum atomic E-state index is -0.183. The maximum absolute atomic E-state index is 12.9. The monoisotopic (exact) mass is 376 g/mol. The summed E-state index contributed by atoms with van der Waals surface area (Å²) < 4.78 is 10.9. The van der Waals surface area contributed by atoms with Crippen molar-refractivity contribution in [3.8, 4) is 17.1 Å². The van der Waals surface area contributed by atoms with Crippen molar-refractivity contribution in [2.75, 3.05) is 18.1 Å². The van der Waals surface area contributed by atoms with Gasteiger partial charge in [-0.05, 0) is 36.6 Å². The van der Waals surface area contributed by atoms with E-state index in [0.717, 1.165) is 34.5 Å². The molecule has 7 nitrogen and oxygen atoms in total. The molecule has 2 aliphatic rings. The molecule has 0 bridgehead atoms. The number of nitrogens with one attached hydrogen (secondary N) is 1. The second-order valence-corrected chi connectivity index (χ2v) is 7.24. The highest BCUT2D eigenvalue weighted by Crippen LogP contribution is 2.36. The number of ether oxygens (including phenoxy) is 1. The summed E-state index contributed by atoms with van der Waals surface area (Å²) in [7, 11) is 0. The van der Waals surface area contributed by atoms with Crippen LogP contribution in [0.5, 0.6) is 5.75 Å². The largest absolute Gasteiger partial charge is 0.491 e. The van der Waals surface area contributed by atoms with Crippen molar-refractivity contribution in [2.24, 2.45) is 0 Å². The van der Waals surface area contributed by atoms with Crippen LogP contribution in [0.4, 0.5) is 10.5 Å². The summed E-state index contributed by atoms with van der Waals surface area (Å²) in [6.07, 6.45) is 0.883. The lowest BCUT2D eigenvalue weighted by Gasteiger charge is -2.21. The molecule has 7 heteroatoms. The van der Waals surface area contributed by atoms with Gasteiger partial charge in [-0.25, -0.2) is 4.79 Å². The Hall–Kier alpha value is -3.35. The quantitative estimate of drug-likeness (QED) is 0.740. The molecule has 2 aliphatic heterocycles. The van der Waals surface area contributed by atoms with Crippen molar-refractivity contribution in [3.63, 3.8) is 0 Å². The van der Waals surface area contributed by atoms with Gasteiger partial charge in [-0.15, -0.1) is 0 Å². The van der Waals surface area contributed by atoms with E-state index in [2.05, 4.69) is 33.7 Å². The number of benzene rings is 2. The molecule has 0 fully saturated rings. The molecule has 2 amide bonds. The zero-order chi connectivity index (χ0) is 19.3. The fraction of sp³-hybridized carbons (Fsp3) is 0.286. The normalized spacial score (nSPS) is 17.2. The van der Waals surface area contributed by atoms with E-state index in [0.29, 0.717) is 24.9 Å². The molecule has 0 aliphatic carbocycles. The first-order chi connectivity index (χ1) is 13.6. The van der Waals surface area contributed by atoms with E-state index in [9.17, 15) is 4.79 Å². The van der Waals surface area contributed by atoms with Crippen LogP contribution in [0.2, 0.25) is 0 Å². The summed E-state index contributed by atoms with van der Waals surface area (Å²) in [4.78, 5) is 19.0. The van der Waals surface area contributed by atoms with Gasteiger partial charge in [0.1, 0.15) is 12.4 Å². The third-order valence-electron chi connectivity index (χ3n) is 5.26. The second-order valence-electron chi connectivity index (χ2n) is 7.24. The van der Waals surface area contributed by atoms with Crippen LogP contribution in [0, 0.1) is 13.8 Å². The molecule has 2 aromatic carbocycles. The van der Waals surface area contributed by atoms with E-state index in [-0.39, 0.29) is 12.1 Å². The lowest BCUT2D eigenvalue weighted by atomic mass is 10.1. The van der Waals surface area contributed by atoms with Crippen LogP contribution >= 0.6 is 0 Å². The molecule has 28 heavy (non-hydrogen) atoms. The average molecular weight is 376 g/mol. The SMILES string of the molecule is Cc1ccc2c(c1)N(C(=O)NC1COc3cc(-c4noc(C)n4)ccc31)CC2. The summed E-state index contributed by atoms with van der Waals surface area (Å²) in [6, 6.07) is 11.8. The highest BCUT2D eigenvalue weighted by Gasteiger charge is 2.30. The molecule has 0 spiro atoms. The number of anilines is 1. The van der Waals surface area contributed by atoms with Gasteiger partial charge in [0.2, 0.25) is 11.7 Å². The van der Waals surface area contributed by atoms with E-state index in [1.807, 2.05) is 30.0 Å². The highest BCUT2D eigenvalue weighted by atomic mass is 16.5. The van der Waals surface area contributed by atoms with Gasteiger partial charge in [0.05, 0.1) is 6.04 Å². The van der Waals surface area contributed by atoms with Crippen LogP contribution in [-0.4, -0.2) is 29.3 Å². The summed E-state index contributed by atoms with van der Waals surface area (Å²) in [5.41, 5.74) is 5.15. The number of aromatic nitrogens is 2. The number of carbonyl (C=O) groups excluding carboxylic acids is 1. The Morgan fingerprint density at radius 2 is 2.11 bits per heavy atom. The number of urea groups is 1. The molecule has 1 aromatic heterocycles. The Balaban J connectivity index is 1.35. The maximum atomic E-state index is 12.9. The third-order valence-corrected chi connectivity index (χ3v) is 5.26. The predicted molar refractivity (Wildman–Crippen MR) is 103 cm³/mol. The molecule has 1 atom stereocenters. The molecule has 0 saturated heterocycles. The zero-order valence-electron chi connectivity index (χ0n) is 15.7. The highest BCUT2D eigenvalue weighted by molar-refractivity contribution is 5.94. The van der Waals surface area contributed by atoms with Crippen LogP contribution in [-0.2, 0) is 6.42 Å². The standard InChI is InChI=1S/C21H20N4O3/c1-12-3-4-14-7-8-25(18(14)9-12)21(26)23-17-11-27-19-10-15(5-6-16(17)19)20-22-13(2)28-24-20/h3-6,9-10,17H,7-8,11H2,1-2H3,(H,23,26). The number of aryl methyl sites for hydroxylation is 2. The Morgan fingerprint density at radius 1 is 1.21 bits per heavy atom. The number of hydrogen-bond donors (Lipinski definition) is 1. The zero-order valence-corrected chi connectivity index (χ0v) is 15.7. The molecular weight excluding hydrogens is 356 g/mol. The predicted octanol–water partition coefficient (Wildman–Crippen LogP) is 3.56. The van der Waals surface area contributed by atoms with Gasteiger partial charge in [-0.3, -0.25) is 4.90 Å². The van der Waals surface area contributed by atoms with Crippen molar-refractivity contribution in [3.05, 3.63) is 59.0 Å². The first-order valence-corrected chi connectivity index (χ1v) is 9.33. The Labute approximate surface area is 162 Å². The Bertz CT molecular complexity index is 1080. The number of nitrogens with zero attached hydrogens (tertiary/aromatic N) is 3. The van der Waals surface area contributed by atoms with E-state index >= 15 is 0 Å². The first kappa shape index (κ1) is 16.8. The topological polar surface area (TPSA) is 80.5 Å². The van der Waals surface area contributed by atoms with Crippen LogP contribution < -0.4 is 15.0 Å². The van der Waals surface area contributed by atoms with Crippen LogP contribution in [0.25, 0.3) is 11.4 Å². The maximum Gasteiger partial charge on any atom is 0.322 e. The molecular formula is C21H20N4O3. The fourth-order valence-electron chi connectivity index (χ4n) is 3.81. The van der Waals surface area contributed by atoms with E-state index in [4.69, 9.17) is 9.26 Å².